The van der Waals surface area contributed by atoms with Gasteiger partial charge >= 0.3 is 0 Å². The minimum absolute atomic E-state index is 0.0212. The number of aromatic hydroxyl groups is 1. The highest BCUT2D eigenvalue weighted by Gasteiger charge is 2.80. The summed E-state index contributed by atoms with van der Waals surface area (Å²) in [5, 5.41) is 10.6. The first-order valence-electron chi connectivity index (χ1n) is 10.2. The maximum Gasteiger partial charge on any atom is 0.165 e. The molecule has 3 saturated carbocycles. The lowest BCUT2D eigenvalue weighted by molar-refractivity contribution is -0.270. The summed E-state index contributed by atoms with van der Waals surface area (Å²) in [7, 11) is 3.98. The van der Waals surface area contributed by atoms with E-state index in [2.05, 4.69) is 18.0 Å². The van der Waals surface area contributed by atoms with E-state index >= 15 is 0 Å². The number of likely N-dealkylation sites (N-methyl/N-ethyl adjacent to an activating group) is 1. The zero-order valence-electron chi connectivity index (χ0n) is 16.2. The molecule has 1 aromatic rings. The first-order valence-corrected chi connectivity index (χ1v) is 10.2. The summed E-state index contributed by atoms with van der Waals surface area (Å²) in [4.78, 5) is 15.3. The maximum absolute atomic E-state index is 12.8. The second-order valence-electron chi connectivity index (χ2n) is 9.55. The van der Waals surface area contributed by atoms with Gasteiger partial charge < -0.3 is 19.5 Å². The van der Waals surface area contributed by atoms with Crippen LogP contribution in [-0.2, 0) is 21.4 Å². The molecule has 2 spiro atoms. The number of rotatable bonds is 2. The highest BCUT2D eigenvalue weighted by atomic mass is 16.6. The lowest BCUT2D eigenvalue weighted by atomic mass is 9.34. The molecule has 0 radical (unpaired) electrons. The highest BCUT2D eigenvalue weighted by Crippen LogP contribution is 2.76. The number of hydrogen-bond acceptors (Lipinski definition) is 5. The standard InChI is InChI=1S/C22H27NO4/c1-12(24)14-11-20-6-7-22(14,26-3)19-21(20)8-9-23(2)16(20)10-13-4-5-15(25)18(27-19)17(13)21/h4-5,14,16,19,25H,6-11H2,1-3H3/t14?,16?,19?,20?,21?,22-/m1/s1. The number of phenols is 1. The van der Waals surface area contributed by atoms with E-state index in [1.165, 1.54) is 11.1 Å². The third-order valence-corrected chi connectivity index (χ3v) is 9.12. The summed E-state index contributed by atoms with van der Waals surface area (Å²) >= 11 is 0. The number of ether oxygens (including phenoxy) is 2. The van der Waals surface area contributed by atoms with Gasteiger partial charge in [-0.25, -0.2) is 0 Å². The van der Waals surface area contributed by atoms with Crippen LogP contribution in [0.3, 0.4) is 0 Å². The topological polar surface area (TPSA) is 59.0 Å². The number of fused-ring (bicyclic) bond motifs is 2. The minimum Gasteiger partial charge on any atom is -0.504 e. The van der Waals surface area contributed by atoms with Gasteiger partial charge in [-0.15, -0.1) is 0 Å². The number of benzene rings is 1. The molecule has 4 bridgehead atoms. The number of likely N-dealkylation sites (tertiary alicyclic amines) is 1. The number of methoxy groups -OCH3 is 1. The van der Waals surface area contributed by atoms with Gasteiger partial charge in [-0.05, 0) is 64.3 Å². The Kier molecular flexibility index (Phi) is 2.84. The Balaban J connectivity index is 1.70. The van der Waals surface area contributed by atoms with Crippen molar-refractivity contribution < 1.29 is 19.4 Å². The first kappa shape index (κ1) is 16.4. The summed E-state index contributed by atoms with van der Waals surface area (Å²) in [6, 6.07) is 4.28. The van der Waals surface area contributed by atoms with Gasteiger partial charge in [-0.3, -0.25) is 4.79 Å². The zero-order chi connectivity index (χ0) is 18.8. The van der Waals surface area contributed by atoms with Crippen molar-refractivity contribution in [2.24, 2.45) is 11.3 Å². The fraction of sp³-hybridized carbons (Fsp3) is 0.682. The van der Waals surface area contributed by atoms with Gasteiger partial charge in [0.15, 0.2) is 11.5 Å². The molecule has 7 rings (SSSR count). The lowest BCUT2D eigenvalue weighted by Gasteiger charge is -2.73. The Hall–Kier alpha value is -1.59. The van der Waals surface area contributed by atoms with Gasteiger partial charge in [0, 0.05) is 29.5 Å². The molecule has 5 nitrogen and oxygen atoms in total. The molecule has 27 heavy (non-hydrogen) atoms. The minimum atomic E-state index is -0.589. The van der Waals surface area contributed by atoms with Crippen LogP contribution in [0.15, 0.2) is 12.1 Å². The van der Waals surface area contributed by atoms with E-state index in [9.17, 15) is 9.90 Å². The molecule has 5 unspecified atom stereocenters. The summed E-state index contributed by atoms with van der Waals surface area (Å²) in [5.74, 6) is 0.968. The molecule has 144 valence electrons. The van der Waals surface area contributed by atoms with Crippen LogP contribution >= 0.6 is 0 Å². The van der Waals surface area contributed by atoms with E-state index in [1.807, 2.05) is 0 Å². The quantitative estimate of drug-likeness (QED) is 0.868. The average Bonchev–Trinajstić information content (AvgIpc) is 3.03. The predicted octanol–water partition coefficient (Wildman–Crippen LogP) is 2.43. The number of phenolic OH excluding ortho intramolecular Hbond substituents is 1. The van der Waals surface area contributed by atoms with Crippen LogP contribution < -0.4 is 4.74 Å². The van der Waals surface area contributed by atoms with Crippen molar-refractivity contribution in [1.82, 2.24) is 4.90 Å². The zero-order valence-corrected chi connectivity index (χ0v) is 16.2. The molecule has 1 aromatic carbocycles. The summed E-state index contributed by atoms with van der Waals surface area (Å²) in [5.41, 5.74) is 1.83. The van der Waals surface area contributed by atoms with Gasteiger partial charge in [0.25, 0.3) is 0 Å². The van der Waals surface area contributed by atoms with Crippen LogP contribution in [0.25, 0.3) is 0 Å². The van der Waals surface area contributed by atoms with Crippen molar-refractivity contribution in [3.8, 4) is 11.5 Å². The number of nitrogens with zero attached hydrogens (tertiary/aromatic N) is 1. The predicted molar refractivity (Wildman–Crippen MR) is 99.1 cm³/mol. The number of carbonyl (C=O) groups is 1. The van der Waals surface area contributed by atoms with Crippen molar-refractivity contribution in [2.75, 3.05) is 20.7 Å². The van der Waals surface area contributed by atoms with Crippen LogP contribution in [0, 0.1) is 11.3 Å². The Morgan fingerprint density at radius 3 is 2.89 bits per heavy atom. The molecule has 0 aromatic heterocycles. The third-order valence-electron chi connectivity index (χ3n) is 9.12. The molecule has 4 aliphatic carbocycles. The van der Waals surface area contributed by atoms with Gasteiger partial charge in [-0.2, -0.15) is 0 Å². The molecule has 2 heterocycles. The maximum atomic E-state index is 12.8. The molecular weight excluding hydrogens is 342 g/mol. The van der Waals surface area contributed by atoms with Crippen molar-refractivity contribution in [2.45, 2.75) is 62.2 Å². The van der Waals surface area contributed by atoms with Crippen LogP contribution in [-0.4, -0.2) is 54.2 Å². The van der Waals surface area contributed by atoms with Gasteiger partial charge in [0.05, 0.1) is 5.92 Å². The normalized spacial score (nSPS) is 46.1. The Morgan fingerprint density at radius 1 is 1.33 bits per heavy atom. The molecule has 1 saturated heterocycles. The number of carbonyl (C=O) groups excluding carboxylic acids is 1. The third kappa shape index (κ3) is 1.47. The summed E-state index contributed by atoms with van der Waals surface area (Å²) < 4.78 is 12.8. The lowest BCUT2D eigenvalue weighted by Crippen LogP contribution is -2.81. The molecule has 0 amide bonds. The highest BCUT2D eigenvalue weighted by molar-refractivity contribution is 5.81. The summed E-state index contributed by atoms with van der Waals surface area (Å²) in [6.07, 6.45) is 4.58. The van der Waals surface area contributed by atoms with Crippen molar-refractivity contribution >= 4 is 5.78 Å². The molecule has 6 atom stereocenters. The smallest absolute Gasteiger partial charge is 0.165 e. The molecule has 5 heteroatoms. The Bertz CT molecular complexity index is 883. The summed E-state index contributed by atoms with van der Waals surface area (Å²) in [6.45, 7) is 2.73. The van der Waals surface area contributed by atoms with Crippen LogP contribution in [0.5, 0.6) is 11.5 Å². The van der Waals surface area contributed by atoms with E-state index in [1.54, 1.807) is 20.1 Å². The first-order chi connectivity index (χ1) is 12.9. The molecule has 4 fully saturated rings. The number of hydrogen-bond donors (Lipinski definition) is 1. The number of Topliss-reactive ketones (excluding diaryl/α,β-unsaturated/α-hetero) is 1. The Labute approximate surface area is 159 Å². The van der Waals surface area contributed by atoms with E-state index in [-0.39, 0.29) is 34.4 Å². The molecule has 1 N–H and O–H groups in total. The van der Waals surface area contributed by atoms with Gasteiger partial charge in [0.1, 0.15) is 17.5 Å². The molecule has 2 aliphatic heterocycles. The van der Waals surface area contributed by atoms with Crippen LogP contribution in [0.2, 0.25) is 0 Å². The van der Waals surface area contributed by atoms with Crippen molar-refractivity contribution in [3.05, 3.63) is 23.3 Å². The second-order valence-corrected chi connectivity index (χ2v) is 9.55. The SMILES string of the molecule is CO[C@]12CCC3(CC1C(C)=O)C1Cc4ccc(O)c5c4C3(CCN1C)C2O5. The van der Waals surface area contributed by atoms with Gasteiger partial charge in [-0.1, -0.05) is 6.07 Å². The fourth-order valence-electron chi connectivity index (χ4n) is 8.15. The largest absolute Gasteiger partial charge is 0.504 e. The number of piperidine rings is 1. The monoisotopic (exact) mass is 369 g/mol. The fourth-order valence-corrected chi connectivity index (χ4v) is 8.15. The van der Waals surface area contributed by atoms with E-state index in [4.69, 9.17) is 9.47 Å². The molecular formula is C22H27NO4. The molecule has 6 aliphatic rings. The van der Waals surface area contributed by atoms with Crippen LogP contribution in [0.4, 0.5) is 0 Å². The Morgan fingerprint density at radius 2 is 2.15 bits per heavy atom. The van der Waals surface area contributed by atoms with E-state index < -0.39 is 5.60 Å². The van der Waals surface area contributed by atoms with E-state index in [0.29, 0.717) is 11.8 Å². The number of ketones is 1. The van der Waals surface area contributed by atoms with Crippen LogP contribution in [0.1, 0.15) is 43.7 Å². The second kappa shape index (κ2) is 4.69. The average molecular weight is 369 g/mol. The van der Waals surface area contributed by atoms with Crippen molar-refractivity contribution in [3.63, 3.8) is 0 Å². The van der Waals surface area contributed by atoms with Gasteiger partial charge in [0.2, 0.25) is 0 Å². The van der Waals surface area contributed by atoms with Crippen molar-refractivity contribution in [1.29, 1.82) is 0 Å². The van der Waals surface area contributed by atoms with E-state index in [0.717, 1.165) is 38.6 Å².